The fraction of sp³-hybridized carbons (Fsp3) is 0. The highest BCUT2D eigenvalue weighted by molar-refractivity contribution is 7.13. The molecule has 2 heterocycles. The van der Waals surface area contributed by atoms with Crippen molar-refractivity contribution in [2.45, 2.75) is 0 Å². The lowest BCUT2D eigenvalue weighted by Crippen LogP contribution is -1.82. The lowest BCUT2D eigenvalue weighted by atomic mass is 9.98. The number of hydrogen-bond donors (Lipinski definition) is 0. The highest BCUT2D eigenvalue weighted by atomic mass is 32.1. The van der Waals surface area contributed by atoms with Gasteiger partial charge in [-0.05, 0) is 113 Å². The van der Waals surface area contributed by atoms with Gasteiger partial charge in [0.15, 0.2) is 0 Å². The van der Waals surface area contributed by atoms with Crippen molar-refractivity contribution in [2.75, 3.05) is 0 Å². The molecule has 8 rings (SSSR count). The van der Waals surface area contributed by atoms with Gasteiger partial charge in [-0.3, -0.25) is 0 Å². The molecule has 2 aromatic heterocycles. The zero-order valence-corrected chi connectivity index (χ0v) is 25.6. The summed E-state index contributed by atoms with van der Waals surface area (Å²) in [6.07, 6.45) is 4.42. The Balaban J connectivity index is 0.988. The predicted molar refractivity (Wildman–Crippen MR) is 194 cm³/mol. The zero-order chi connectivity index (χ0) is 29.3. The van der Waals surface area contributed by atoms with E-state index < -0.39 is 0 Å². The van der Waals surface area contributed by atoms with Crippen LogP contribution in [0.2, 0.25) is 0 Å². The maximum absolute atomic E-state index is 2.29. The van der Waals surface area contributed by atoms with Gasteiger partial charge in [0, 0.05) is 9.75 Å². The van der Waals surface area contributed by atoms with E-state index in [9.17, 15) is 0 Å². The number of fused-ring (bicyclic) bond motifs is 2. The molecule has 44 heavy (non-hydrogen) atoms. The maximum Gasteiger partial charge on any atom is 0.0342 e. The highest BCUT2D eigenvalue weighted by Gasteiger charge is 2.05. The van der Waals surface area contributed by atoms with E-state index in [1.807, 2.05) is 0 Å². The van der Waals surface area contributed by atoms with Gasteiger partial charge in [-0.15, -0.1) is 22.7 Å². The summed E-state index contributed by atoms with van der Waals surface area (Å²) in [5.74, 6) is 0. The van der Waals surface area contributed by atoms with Crippen LogP contribution in [0, 0.1) is 0 Å². The number of hydrogen-bond acceptors (Lipinski definition) is 2. The van der Waals surface area contributed by atoms with Crippen LogP contribution in [0.5, 0.6) is 0 Å². The Labute approximate surface area is 265 Å². The van der Waals surface area contributed by atoms with Crippen LogP contribution < -0.4 is 0 Å². The molecule has 0 saturated carbocycles. The first-order chi connectivity index (χ1) is 21.7. The van der Waals surface area contributed by atoms with Gasteiger partial charge in [0.25, 0.3) is 0 Å². The third-order valence-corrected chi connectivity index (χ3v) is 10.1. The van der Waals surface area contributed by atoms with Gasteiger partial charge in [-0.2, -0.15) is 0 Å². The fourth-order valence-electron chi connectivity index (χ4n) is 5.83. The molecule has 208 valence electrons. The highest BCUT2D eigenvalue weighted by Crippen LogP contribution is 2.32. The molecule has 8 aromatic rings. The second-order valence-corrected chi connectivity index (χ2v) is 13.0. The van der Waals surface area contributed by atoms with Gasteiger partial charge in [0.05, 0.1) is 0 Å². The van der Waals surface area contributed by atoms with E-state index in [0.29, 0.717) is 0 Å². The Hall–Kier alpha value is -5.02. The van der Waals surface area contributed by atoms with E-state index in [0.717, 1.165) is 0 Å². The minimum absolute atomic E-state index is 1.20. The molecule has 0 saturated heterocycles. The van der Waals surface area contributed by atoms with Gasteiger partial charge in [0.1, 0.15) is 0 Å². The summed E-state index contributed by atoms with van der Waals surface area (Å²) in [5.41, 5.74) is 9.92. The average molecular weight is 597 g/mol. The van der Waals surface area contributed by atoms with Crippen LogP contribution in [-0.4, -0.2) is 0 Å². The maximum atomic E-state index is 2.29. The molecule has 0 atom stereocenters. The first-order valence-electron chi connectivity index (χ1n) is 14.8. The Morgan fingerprint density at radius 3 is 1.09 bits per heavy atom. The minimum atomic E-state index is 1.20. The molecule has 0 aliphatic carbocycles. The van der Waals surface area contributed by atoms with Gasteiger partial charge >= 0.3 is 0 Å². The lowest BCUT2D eigenvalue weighted by molar-refractivity contribution is 1.63. The van der Waals surface area contributed by atoms with Crippen molar-refractivity contribution in [3.8, 4) is 43.1 Å². The summed E-state index contributed by atoms with van der Waals surface area (Å²) in [7, 11) is 0. The Morgan fingerprint density at radius 2 is 0.682 bits per heavy atom. The zero-order valence-electron chi connectivity index (χ0n) is 24.0. The minimum Gasteiger partial charge on any atom is -0.144 e. The van der Waals surface area contributed by atoms with Crippen molar-refractivity contribution >= 4 is 56.4 Å². The molecule has 0 aliphatic rings. The van der Waals surface area contributed by atoms with Gasteiger partial charge in [-0.1, -0.05) is 121 Å². The molecule has 0 radical (unpaired) electrons. The van der Waals surface area contributed by atoms with Crippen LogP contribution in [0.15, 0.2) is 156 Å². The van der Waals surface area contributed by atoms with E-state index in [1.54, 1.807) is 22.7 Å². The molecule has 0 bridgehead atoms. The van der Waals surface area contributed by atoms with Gasteiger partial charge in [-0.25, -0.2) is 0 Å². The van der Waals surface area contributed by atoms with Crippen molar-refractivity contribution in [1.82, 2.24) is 0 Å². The van der Waals surface area contributed by atoms with Gasteiger partial charge < -0.3 is 0 Å². The number of rotatable bonds is 6. The Bertz CT molecular complexity index is 2070. The third kappa shape index (κ3) is 5.42. The van der Waals surface area contributed by atoms with E-state index in [1.165, 1.54) is 75.8 Å². The molecular formula is C42H28S2. The molecule has 0 fully saturated rings. The summed E-state index contributed by atoms with van der Waals surface area (Å²) in [5, 5.41) is 9.26. The SMILES string of the molecule is C(=C\c1ccc2cc(-c3ccc(-c4cccs4)cc3)ccc2c1)/c1ccc2cc(-c3ccc(-c4cccs4)cc3)ccc2c1. The van der Waals surface area contributed by atoms with E-state index >= 15 is 0 Å². The van der Waals surface area contributed by atoms with Crippen LogP contribution >= 0.6 is 22.7 Å². The van der Waals surface area contributed by atoms with Crippen LogP contribution in [0.4, 0.5) is 0 Å². The molecule has 0 N–H and O–H groups in total. The normalized spacial score (nSPS) is 11.5. The first-order valence-corrected chi connectivity index (χ1v) is 16.6. The summed E-state index contributed by atoms with van der Waals surface area (Å²) >= 11 is 3.56. The van der Waals surface area contributed by atoms with Crippen molar-refractivity contribution < 1.29 is 0 Å². The van der Waals surface area contributed by atoms with Crippen LogP contribution in [0.25, 0.3) is 76.8 Å². The summed E-state index contributed by atoms with van der Waals surface area (Å²) in [4.78, 5) is 2.61. The second-order valence-electron chi connectivity index (χ2n) is 11.1. The molecule has 2 heteroatoms. The van der Waals surface area contributed by atoms with E-state index in [-0.39, 0.29) is 0 Å². The fourth-order valence-corrected chi connectivity index (χ4v) is 7.29. The molecule has 0 unspecified atom stereocenters. The van der Waals surface area contributed by atoms with Crippen LogP contribution in [0.3, 0.4) is 0 Å². The molecule has 0 aliphatic heterocycles. The molecule has 6 aromatic carbocycles. The van der Waals surface area contributed by atoms with E-state index in [2.05, 4.69) is 169 Å². The van der Waals surface area contributed by atoms with Crippen molar-refractivity contribution in [3.63, 3.8) is 0 Å². The van der Waals surface area contributed by atoms with Crippen molar-refractivity contribution in [2.24, 2.45) is 0 Å². The molecular weight excluding hydrogens is 569 g/mol. The van der Waals surface area contributed by atoms with Crippen molar-refractivity contribution in [3.05, 3.63) is 167 Å². The smallest absolute Gasteiger partial charge is 0.0342 e. The number of benzene rings is 6. The largest absolute Gasteiger partial charge is 0.144 e. The topological polar surface area (TPSA) is 0 Å². The van der Waals surface area contributed by atoms with Crippen LogP contribution in [0.1, 0.15) is 11.1 Å². The number of thiophene rings is 2. The standard InChI is InChI=1S/C42H28S2/c1-3-41(43-23-1)33-15-11-31(12-16-33)37-21-19-35-25-29(7-9-39(35)27-37)5-6-30-8-10-40-28-38(22-20-36(40)26-30)32-13-17-34(18-14-32)42-4-2-24-44-42/h1-28H/b6-5+. The third-order valence-electron chi connectivity index (χ3n) is 8.24. The lowest BCUT2D eigenvalue weighted by Gasteiger charge is -2.07. The first kappa shape index (κ1) is 26.6. The Morgan fingerprint density at radius 1 is 0.318 bits per heavy atom. The second kappa shape index (κ2) is 11.6. The average Bonchev–Trinajstić information content (AvgIpc) is 3.83. The predicted octanol–water partition coefficient (Wildman–Crippen LogP) is 13.0. The molecule has 0 spiro atoms. The van der Waals surface area contributed by atoms with Gasteiger partial charge in [0.2, 0.25) is 0 Å². The summed E-state index contributed by atoms with van der Waals surface area (Å²) in [6.45, 7) is 0. The quantitative estimate of drug-likeness (QED) is 0.168. The monoisotopic (exact) mass is 596 g/mol. The molecule has 0 amide bonds. The molecule has 0 nitrogen and oxygen atoms in total. The summed E-state index contributed by atoms with van der Waals surface area (Å²) in [6, 6.07) is 53.2. The van der Waals surface area contributed by atoms with Crippen LogP contribution in [-0.2, 0) is 0 Å². The summed E-state index contributed by atoms with van der Waals surface area (Å²) < 4.78 is 0. The van der Waals surface area contributed by atoms with Crippen molar-refractivity contribution in [1.29, 1.82) is 0 Å². The van der Waals surface area contributed by atoms with E-state index in [4.69, 9.17) is 0 Å². The Kier molecular flexibility index (Phi) is 7.00.